The Morgan fingerprint density at radius 2 is 1.96 bits per heavy atom. The standard InChI is InChI=1S/C15H21N5O2S/c1-3-20(4-2)23(21,22)12-6-7-14(19-11-12)13(10-16)15-17-8-5-9-18-15/h6-7,11,17-18H,3-5,8-9H2,1-2H3. The highest BCUT2D eigenvalue weighted by atomic mass is 32.2. The van der Waals surface area contributed by atoms with Gasteiger partial charge in [0.15, 0.2) is 0 Å². The van der Waals surface area contributed by atoms with Crippen LogP contribution in [0.5, 0.6) is 0 Å². The van der Waals surface area contributed by atoms with Crippen molar-refractivity contribution in [3.8, 4) is 6.07 Å². The lowest BCUT2D eigenvalue weighted by atomic mass is 10.1. The molecule has 8 heteroatoms. The predicted molar refractivity (Wildman–Crippen MR) is 87.5 cm³/mol. The van der Waals surface area contributed by atoms with Crippen molar-refractivity contribution in [3.05, 3.63) is 29.8 Å². The van der Waals surface area contributed by atoms with E-state index in [4.69, 9.17) is 0 Å². The molecule has 1 aliphatic heterocycles. The number of aromatic nitrogens is 1. The van der Waals surface area contributed by atoms with Crippen molar-refractivity contribution >= 4 is 15.6 Å². The second kappa shape index (κ2) is 7.44. The molecule has 2 heterocycles. The van der Waals surface area contributed by atoms with Gasteiger partial charge in [-0.25, -0.2) is 8.42 Å². The molecule has 124 valence electrons. The van der Waals surface area contributed by atoms with Crippen LogP contribution in [0.4, 0.5) is 0 Å². The first-order valence-electron chi connectivity index (χ1n) is 7.63. The number of hydrogen-bond donors (Lipinski definition) is 2. The molecule has 0 amide bonds. The summed E-state index contributed by atoms with van der Waals surface area (Å²) in [5.74, 6) is 0.644. The maximum Gasteiger partial charge on any atom is 0.244 e. The molecule has 7 nitrogen and oxygen atoms in total. The molecule has 1 aromatic rings. The normalized spacial score (nSPS) is 14.8. The van der Waals surface area contributed by atoms with Crippen LogP contribution in [0.15, 0.2) is 29.0 Å². The fourth-order valence-electron chi connectivity index (χ4n) is 2.39. The smallest absolute Gasteiger partial charge is 0.244 e. The van der Waals surface area contributed by atoms with Gasteiger partial charge in [-0.2, -0.15) is 9.57 Å². The topological polar surface area (TPSA) is 98.1 Å². The molecule has 1 aromatic heterocycles. The Morgan fingerprint density at radius 1 is 1.30 bits per heavy atom. The van der Waals surface area contributed by atoms with Crippen molar-refractivity contribution in [1.29, 1.82) is 5.26 Å². The zero-order valence-corrected chi connectivity index (χ0v) is 14.2. The van der Waals surface area contributed by atoms with E-state index in [1.807, 2.05) is 0 Å². The van der Waals surface area contributed by atoms with Gasteiger partial charge in [-0.1, -0.05) is 13.8 Å². The Bertz CT molecular complexity index is 707. The fraction of sp³-hybridized carbons (Fsp3) is 0.467. The SMILES string of the molecule is CCN(CC)S(=O)(=O)c1ccc(C(C#N)=C2NCCCN2)nc1. The summed E-state index contributed by atoms with van der Waals surface area (Å²) in [6.07, 6.45) is 2.29. The largest absolute Gasteiger partial charge is 0.371 e. The second-order valence-electron chi connectivity index (χ2n) is 5.04. The summed E-state index contributed by atoms with van der Waals surface area (Å²) in [5, 5.41) is 15.6. The number of nitrogens with zero attached hydrogens (tertiary/aromatic N) is 3. The van der Waals surface area contributed by atoms with Gasteiger partial charge in [-0.15, -0.1) is 0 Å². The van der Waals surface area contributed by atoms with Crippen molar-refractivity contribution in [2.75, 3.05) is 26.2 Å². The highest BCUT2D eigenvalue weighted by molar-refractivity contribution is 7.89. The van der Waals surface area contributed by atoms with Crippen LogP contribution >= 0.6 is 0 Å². The molecule has 1 saturated heterocycles. The maximum atomic E-state index is 12.4. The summed E-state index contributed by atoms with van der Waals surface area (Å²) < 4.78 is 26.2. The van der Waals surface area contributed by atoms with Crippen LogP contribution in [0.25, 0.3) is 5.57 Å². The summed E-state index contributed by atoms with van der Waals surface area (Å²) in [6, 6.07) is 5.19. The molecule has 2 N–H and O–H groups in total. The van der Waals surface area contributed by atoms with Crippen molar-refractivity contribution in [1.82, 2.24) is 19.9 Å². The van der Waals surface area contributed by atoms with E-state index in [1.165, 1.54) is 16.6 Å². The lowest BCUT2D eigenvalue weighted by molar-refractivity contribution is 0.445. The molecule has 0 saturated carbocycles. The van der Waals surface area contributed by atoms with Crippen LogP contribution in [-0.4, -0.2) is 43.9 Å². The third kappa shape index (κ3) is 3.63. The molecule has 2 rings (SSSR count). The van der Waals surface area contributed by atoms with Gasteiger partial charge >= 0.3 is 0 Å². The number of nitrogens with one attached hydrogen (secondary N) is 2. The van der Waals surface area contributed by atoms with E-state index in [-0.39, 0.29) is 4.90 Å². The summed E-state index contributed by atoms with van der Waals surface area (Å²) in [5.41, 5.74) is 0.833. The summed E-state index contributed by atoms with van der Waals surface area (Å²) >= 11 is 0. The number of rotatable bonds is 5. The number of hydrogen-bond acceptors (Lipinski definition) is 6. The average Bonchev–Trinajstić information content (AvgIpc) is 2.58. The lowest BCUT2D eigenvalue weighted by Gasteiger charge is -2.20. The first kappa shape index (κ1) is 17.2. The van der Waals surface area contributed by atoms with E-state index in [1.54, 1.807) is 19.9 Å². The predicted octanol–water partition coefficient (Wildman–Crippen LogP) is 0.887. The van der Waals surface area contributed by atoms with Crippen molar-refractivity contribution in [3.63, 3.8) is 0 Å². The molecule has 0 unspecified atom stereocenters. The van der Waals surface area contributed by atoms with Crippen LogP contribution in [0.2, 0.25) is 0 Å². The van der Waals surface area contributed by atoms with Gasteiger partial charge in [0.2, 0.25) is 10.0 Å². The quantitative estimate of drug-likeness (QED) is 0.776. The van der Waals surface area contributed by atoms with Crippen LogP contribution in [-0.2, 0) is 10.0 Å². The Labute approximate surface area is 137 Å². The molecular weight excluding hydrogens is 314 g/mol. The summed E-state index contributed by atoms with van der Waals surface area (Å²) in [6.45, 7) is 5.98. The Kier molecular flexibility index (Phi) is 5.58. The van der Waals surface area contributed by atoms with Gasteiger partial charge in [-0.05, 0) is 18.6 Å². The number of sulfonamides is 1. The molecule has 0 aliphatic carbocycles. The Morgan fingerprint density at radius 3 is 2.43 bits per heavy atom. The number of allylic oxidation sites excluding steroid dienone is 1. The Hall–Kier alpha value is -2.11. The van der Waals surface area contributed by atoms with E-state index in [9.17, 15) is 13.7 Å². The zero-order chi connectivity index (χ0) is 16.9. The third-order valence-electron chi connectivity index (χ3n) is 3.65. The number of pyridine rings is 1. The monoisotopic (exact) mass is 335 g/mol. The van der Waals surface area contributed by atoms with Crippen LogP contribution in [0, 0.1) is 11.3 Å². The van der Waals surface area contributed by atoms with Crippen molar-refractivity contribution in [2.45, 2.75) is 25.2 Å². The number of nitriles is 1. The highest BCUT2D eigenvalue weighted by Gasteiger charge is 2.22. The highest BCUT2D eigenvalue weighted by Crippen LogP contribution is 2.19. The van der Waals surface area contributed by atoms with Gasteiger partial charge in [0.05, 0.1) is 5.69 Å². The van der Waals surface area contributed by atoms with Crippen LogP contribution < -0.4 is 10.6 Å². The molecule has 23 heavy (non-hydrogen) atoms. The fourth-order valence-corrected chi connectivity index (χ4v) is 3.79. The molecule has 0 aromatic carbocycles. The average molecular weight is 335 g/mol. The molecule has 1 aliphatic rings. The molecular formula is C15H21N5O2S. The van der Waals surface area contributed by atoms with E-state index in [2.05, 4.69) is 21.7 Å². The van der Waals surface area contributed by atoms with Crippen LogP contribution in [0.1, 0.15) is 26.0 Å². The van der Waals surface area contributed by atoms with Gasteiger partial charge in [0.1, 0.15) is 22.4 Å². The van der Waals surface area contributed by atoms with Gasteiger partial charge < -0.3 is 10.6 Å². The minimum atomic E-state index is -3.53. The van der Waals surface area contributed by atoms with Gasteiger partial charge in [-0.3, -0.25) is 4.98 Å². The van der Waals surface area contributed by atoms with E-state index in [0.717, 1.165) is 19.5 Å². The van der Waals surface area contributed by atoms with Gasteiger partial charge in [0.25, 0.3) is 0 Å². The minimum Gasteiger partial charge on any atom is -0.371 e. The zero-order valence-electron chi connectivity index (χ0n) is 13.3. The molecule has 0 atom stereocenters. The van der Waals surface area contributed by atoms with Crippen molar-refractivity contribution in [2.24, 2.45) is 0 Å². The van der Waals surface area contributed by atoms with Crippen LogP contribution in [0.3, 0.4) is 0 Å². The molecule has 1 fully saturated rings. The summed E-state index contributed by atoms with van der Waals surface area (Å²) in [7, 11) is -3.53. The Balaban J connectivity index is 2.34. The third-order valence-corrected chi connectivity index (χ3v) is 5.69. The summed E-state index contributed by atoms with van der Waals surface area (Å²) in [4.78, 5) is 4.31. The molecule has 0 bridgehead atoms. The minimum absolute atomic E-state index is 0.136. The molecule has 0 radical (unpaired) electrons. The molecule has 0 spiro atoms. The first-order valence-corrected chi connectivity index (χ1v) is 9.07. The first-order chi connectivity index (χ1) is 11.0. The van der Waals surface area contributed by atoms with Crippen molar-refractivity contribution < 1.29 is 8.42 Å². The second-order valence-corrected chi connectivity index (χ2v) is 6.98. The lowest BCUT2D eigenvalue weighted by Crippen LogP contribution is -2.36. The maximum absolute atomic E-state index is 12.4. The van der Waals surface area contributed by atoms with E-state index >= 15 is 0 Å². The van der Waals surface area contributed by atoms with Gasteiger partial charge in [0, 0.05) is 32.4 Å². The van der Waals surface area contributed by atoms with E-state index in [0.29, 0.717) is 30.2 Å². The van der Waals surface area contributed by atoms with E-state index < -0.39 is 10.0 Å².